The Kier molecular flexibility index (Phi) is 1.93. The SMILES string of the molecule is C[n+]1cc(C(=O)O)cc2ccccc21. The maximum absolute atomic E-state index is 10.8. The first-order chi connectivity index (χ1) is 6.68. The third-order valence-electron chi connectivity index (χ3n) is 2.21. The first-order valence-electron chi connectivity index (χ1n) is 4.30. The number of fused-ring (bicyclic) bond motifs is 1. The molecule has 0 unspecified atom stereocenters. The minimum atomic E-state index is -0.897. The van der Waals surface area contributed by atoms with Gasteiger partial charge in [-0.15, -0.1) is 0 Å². The zero-order chi connectivity index (χ0) is 10.1. The van der Waals surface area contributed by atoms with Crippen LogP contribution in [0.5, 0.6) is 0 Å². The van der Waals surface area contributed by atoms with Gasteiger partial charge in [0.25, 0.3) is 0 Å². The molecule has 1 aromatic heterocycles. The number of benzene rings is 1. The zero-order valence-electron chi connectivity index (χ0n) is 7.77. The van der Waals surface area contributed by atoms with Crippen molar-refractivity contribution in [1.82, 2.24) is 0 Å². The van der Waals surface area contributed by atoms with Crippen LogP contribution in [0.4, 0.5) is 0 Å². The van der Waals surface area contributed by atoms with Crippen molar-refractivity contribution < 1.29 is 14.5 Å². The second-order valence-corrected chi connectivity index (χ2v) is 3.20. The Balaban J connectivity index is 2.78. The summed E-state index contributed by atoms with van der Waals surface area (Å²) in [5.74, 6) is -0.897. The molecular weight excluding hydrogens is 178 g/mol. The number of aromatic carboxylic acids is 1. The van der Waals surface area contributed by atoms with Crippen LogP contribution in [0.1, 0.15) is 10.4 Å². The van der Waals surface area contributed by atoms with Crippen molar-refractivity contribution in [1.29, 1.82) is 0 Å². The van der Waals surface area contributed by atoms with Crippen LogP contribution in [-0.2, 0) is 7.05 Å². The monoisotopic (exact) mass is 188 g/mol. The topological polar surface area (TPSA) is 41.2 Å². The first-order valence-corrected chi connectivity index (χ1v) is 4.30. The van der Waals surface area contributed by atoms with Gasteiger partial charge in [-0.25, -0.2) is 9.36 Å². The first kappa shape index (κ1) is 8.69. The van der Waals surface area contributed by atoms with Crippen LogP contribution in [-0.4, -0.2) is 11.1 Å². The quantitative estimate of drug-likeness (QED) is 0.686. The Morgan fingerprint density at radius 1 is 1.36 bits per heavy atom. The predicted molar refractivity (Wildman–Crippen MR) is 52.1 cm³/mol. The van der Waals surface area contributed by atoms with E-state index in [4.69, 9.17) is 5.11 Å². The molecule has 0 amide bonds. The number of aryl methyl sites for hydroxylation is 1. The fourth-order valence-electron chi connectivity index (χ4n) is 1.53. The molecule has 1 heterocycles. The van der Waals surface area contributed by atoms with Crippen LogP contribution in [0.25, 0.3) is 10.9 Å². The summed E-state index contributed by atoms with van der Waals surface area (Å²) in [6.07, 6.45) is 1.62. The van der Waals surface area contributed by atoms with Crippen molar-refractivity contribution in [2.75, 3.05) is 0 Å². The van der Waals surface area contributed by atoms with E-state index in [0.29, 0.717) is 5.56 Å². The third kappa shape index (κ3) is 1.33. The molecule has 0 radical (unpaired) electrons. The number of rotatable bonds is 1. The standard InChI is InChI=1S/C11H9NO2/c1-12-7-9(11(13)14)6-8-4-2-3-5-10(8)12/h2-7H,1H3/p+1. The normalized spacial score (nSPS) is 10.4. The molecule has 14 heavy (non-hydrogen) atoms. The van der Waals surface area contributed by atoms with Gasteiger partial charge in [0.2, 0.25) is 5.52 Å². The number of carboxylic acid groups (broad SMARTS) is 1. The third-order valence-corrected chi connectivity index (χ3v) is 2.21. The molecule has 0 spiro atoms. The molecule has 0 aliphatic carbocycles. The van der Waals surface area contributed by atoms with Gasteiger partial charge in [0, 0.05) is 11.5 Å². The summed E-state index contributed by atoms with van der Waals surface area (Å²) in [5.41, 5.74) is 1.34. The van der Waals surface area contributed by atoms with Crippen LogP contribution >= 0.6 is 0 Å². The average molecular weight is 188 g/mol. The van der Waals surface area contributed by atoms with Gasteiger partial charge in [0.15, 0.2) is 6.20 Å². The number of carbonyl (C=O) groups is 1. The minimum absolute atomic E-state index is 0.311. The fraction of sp³-hybridized carbons (Fsp3) is 0.0909. The molecule has 2 aromatic rings. The van der Waals surface area contributed by atoms with E-state index in [1.54, 1.807) is 12.3 Å². The van der Waals surface area contributed by atoms with Crippen molar-refractivity contribution in [3.63, 3.8) is 0 Å². The van der Waals surface area contributed by atoms with E-state index in [2.05, 4.69) is 0 Å². The Bertz CT molecular complexity index is 506. The lowest BCUT2D eigenvalue weighted by Gasteiger charge is -1.97. The van der Waals surface area contributed by atoms with Gasteiger partial charge in [0.05, 0.1) is 0 Å². The maximum Gasteiger partial charge on any atom is 0.341 e. The smallest absolute Gasteiger partial charge is 0.341 e. The molecule has 0 saturated heterocycles. The van der Waals surface area contributed by atoms with Gasteiger partial charge >= 0.3 is 5.97 Å². The Hall–Kier alpha value is -1.90. The van der Waals surface area contributed by atoms with Crippen LogP contribution in [0, 0.1) is 0 Å². The summed E-state index contributed by atoms with van der Waals surface area (Å²) in [6.45, 7) is 0. The molecule has 0 aliphatic rings. The van der Waals surface area contributed by atoms with Crippen molar-refractivity contribution in [3.8, 4) is 0 Å². The van der Waals surface area contributed by atoms with Gasteiger partial charge in [-0.05, 0) is 12.1 Å². The molecule has 3 heteroatoms. The van der Waals surface area contributed by atoms with Gasteiger partial charge in [-0.3, -0.25) is 0 Å². The van der Waals surface area contributed by atoms with E-state index < -0.39 is 5.97 Å². The molecule has 0 aliphatic heterocycles. The summed E-state index contributed by atoms with van der Waals surface area (Å²) in [7, 11) is 1.84. The van der Waals surface area contributed by atoms with Gasteiger partial charge in [-0.1, -0.05) is 12.1 Å². The van der Waals surface area contributed by atoms with Crippen molar-refractivity contribution in [3.05, 3.63) is 42.1 Å². The number of aromatic nitrogens is 1. The summed E-state index contributed by atoms with van der Waals surface area (Å²) < 4.78 is 1.82. The Labute approximate surface area is 81.2 Å². The molecule has 1 N–H and O–H groups in total. The van der Waals surface area contributed by atoms with E-state index in [1.165, 1.54) is 0 Å². The van der Waals surface area contributed by atoms with E-state index in [1.807, 2.05) is 35.9 Å². The second kappa shape index (κ2) is 3.10. The summed E-state index contributed by atoms with van der Waals surface area (Å²) >= 11 is 0. The molecular formula is C11H10NO2+. The van der Waals surface area contributed by atoms with E-state index >= 15 is 0 Å². The van der Waals surface area contributed by atoms with Gasteiger partial charge in [-0.2, -0.15) is 0 Å². The van der Waals surface area contributed by atoms with Crippen LogP contribution in [0.15, 0.2) is 36.5 Å². The lowest BCUT2D eigenvalue weighted by atomic mass is 10.1. The number of para-hydroxylation sites is 1. The molecule has 1 aromatic carbocycles. The largest absolute Gasteiger partial charge is 0.477 e. The fourth-order valence-corrected chi connectivity index (χ4v) is 1.53. The van der Waals surface area contributed by atoms with Crippen LogP contribution in [0.3, 0.4) is 0 Å². The average Bonchev–Trinajstić information content (AvgIpc) is 2.17. The molecule has 0 fully saturated rings. The van der Waals surface area contributed by atoms with E-state index in [-0.39, 0.29) is 0 Å². The molecule has 3 nitrogen and oxygen atoms in total. The van der Waals surface area contributed by atoms with Crippen LogP contribution in [0.2, 0.25) is 0 Å². The number of hydrogen-bond acceptors (Lipinski definition) is 1. The second-order valence-electron chi connectivity index (χ2n) is 3.20. The highest BCUT2D eigenvalue weighted by atomic mass is 16.4. The zero-order valence-corrected chi connectivity index (χ0v) is 7.77. The lowest BCUT2D eigenvalue weighted by Crippen LogP contribution is -2.29. The molecule has 0 bridgehead atoms. The summed E-state index contributed by atoms with van der Waals surface area (Å²) in [4.78, 5) is 10.8. The number of hydrogen-bond donors (Lipinski definition) is 1. The number of carboxylic acids is 1. The summed E-state index contributed by atoms with van der Waals surface area (Å²) in [6, 6.07) is 9.37. The van der Waals surface area contributed by atoms with Crippen molar-refractivity contribution in [2.45, 2.75) is 0 Å². The van der Waals surface area contributed by atoms with E-state index in [9.17, 15) is 4.79 Å². The van der Waals surface area contributed by atoms with Crippen molar-refractivity contribution in [2.24, 2.45) is 7.05 Å². The number of nitrogens with zero attached hydrogens (tertiary/aromatic N) is 1. The van der Waals surface area contributed by atoms with Crippen molar-refractivity contribution >= 4 is 16.9 Å². The highest BCUT2D eigenvalue weighted by Crippen LogP contribution is 2.10. The van der Waals surface area contributed by atoms with E-state index in [0.717, 1.165) is 10.9 Å². The highest BCUT2D eigenvalue weighted by molar-refractivity contribution is 5.91. The van der Waals surface area contributed by atoms with Gasteiger partial charge in [0.1, 0.15) is 12.6 Å². The molecule has 0 saturated carbocycles. The van der Waals surface area contributed by atoms with Crippen LogP contribution < -0.4 is 4.57 Å². The minimum Gasteiger partial charge on any atom is -0.477 e. The molecule has 70 valence electrons. The summed E-state index contributed by atoms with van der Waals surface area (Å²) in [5, 5.41) is 9.80. The highest BCUT2D eigenvalue weighted by Gasteiger charge is 2.11. The van der Waals surface area contributed by atoms with Gasteiger partial charge < -0.3 is 5.11 Å². The molecule has 0 atom stereocenters. The Morgan fingerprint density at radius 3 is 2.79 bits per heavy atom. The Morgan fingerprint density at radius 2 is 2.07 bits per heavy atom. The maximum atomic E-state index is 10.8. The number of pyridine rings is 1. The predicted octanol–water partition coefficient (Wildman–Crippen LogP) is 1.36. The lowest BCUT2D eigenvalue weighted by molar-refractivity contribution is -0.645. The molecule has 2 rings (SSSR count).